The monoisotopic (exact) mass is 408 g/mol. The summed E-state index contributed by atoms with van der Waals surface area (Å²) in [5.41, 5.74) is -0.615. The van der Waals surface area contributed by atoms with E-state index in [1.165, 1.54) is 17.0 Å². The average Bonchev–Trinajstić information content (AvgIpc) is 3.40. The predicted molar refractivity (Wildman–Crippen MR) is 99.9 cm³/mol. The van der Waals surface area contributed by atoms with Crippen LogP contribution in [0.3, 0.4) is 0 Å². The Hall–Kier alpha value is -2.35. The molecule has 0 N–H and O–H groups in total. The van der Waals surface area contributed by atoms with Crippen LogP contribution >= 0.6 is 11.3 Å². The first-order chi connectivity index (χ1) is 13.3. The first-order valence-corrected chi connectivity index (χ1v) is 10.0. The van der Waals surface area contributed by atoms with Crippen LogP contribution in [-0.2, 0) is 15.8 Å². The number of amides is 2. The number of carbonyl (C=O) groups is 2. The third kappa shape index (κ3) is 3.53. The number of rotatable bonds is 3. The van der Waals surface area contributed by atoms with Gasteiger partial charge in [-0.25, -0.2) is 0 Å². The van der Waals surface area contributed by atoms with Crippen LogP contribution in [0.4, 0.5) is 18.9 Å². The number of hydrogen-bond donors (Lipinski definition) is 0. The molecule has 0 saturated carbocycles. The van der Waals surface area contributed by atoms with Crippen molar-refractivity contribution in [1.82, 2.24) is 4.90 Å². The van der Waals surface area contributed by atoms with Crippen molar-refractivity contribution in [2.45, 2.75) is 31.5 Å². The van der Waals surface area contributed by atoms with Crippen LogP contribution in [0.2, 0.25) is 0 Å². The number of nitrogens with zero attached hydrogens (tertiary/aromatic N) is 2. The van der Waals surface area contributed by atoms with Gasteiger partial charge in [-0.05, 0) is 42.5 Å². The quantitative estimate of drug-likeness (QED) is 0.751. The lowest BCUT2D eigenvalue weighted by Gasteiger charge is -2.26. The van der Waals surface area contributed by atoms with Gasteiger partial charge in [0.05, 0.1) is 17.5 Å². The lowest BCUT2D eigenvalue weighted by Crippen LogP contribution is -2.36. The molecule has 0 bridgehead atoms. The van der Waals surface area contributed by atoms with E-state index in [0.29, 0.717) is 6.54 Å². The van der Waals surface area contributed by atoms with Gasteiger partial charge >= 0.3 is 6.18 Å². The minimum Gasteiger partial charge on any atom is -0.335 e. The fourth-order valence-corrected chi connectivity index (χ4v) is 4.89. The normalized spacial score (nSPS) is 22.9. The maximum Gasteiger partial charge on any atom is 0.416 e. The Morgan fingerprint density at radius 1 is 1.18 bits per heavy atom. The van der Waals surface area contributed by atoms with Crippen molar-refractivity contribution in [3.05, 3.63) is 52.2 Å². The van der Waals surface area contributed by atoms with Crippen molar-refractivity contribution in [3.63, 3.8) is 0 Å². The Labute approximate surface area is 164 Å². The molecule has 2 aliphatic rings. The summed E-state index contributed by atoms with van der Waals surface area (Å²) in [5.74, 6) is -0.925. The molecule has 28 heavy (non-hydrogen) atoms. The van der Waals surface area contributed by atoms with Gasteiger partial charge in [0.15, 0.2) is 0 Å². The molecule has 2 aliphatic heterocycles. The van der Waals surface area contributed by atoms with Gasteiger partial charge in [-0.2, -0.15) is 13.2 Å². The zero-order valence-electron chi connectivity index (χ0n) is 15.0. The molecular formula is C20H19F3N2O2S. The summed E-state index contributed by atoms with van der Waals surface area (Å²) in [6.07, 6.45) is -2.64. The molecule has 2 saturated heterocycles. The second kappa shape index (κ2) is 7.24. The topological polar surface area (TPSA) is 40.6 Å². The van der Waals surface area contributed by atoms with Gasteiger partial charge in [-0.3, -0.25) is 9.59 Å². The molecule has 3 heterocycles. The van der Waals surface area contributed by atoms with Crippen LogP contribution in [0.15, 0.2) is 41.8 Å². The predicted octanol–water partition coefficient (Wildman–Crippen LogP) is 4.48. The van der Waals surface area contributed by atoms with Gasteiger partial charge in [-0.1, -0.05) is 12.1 Å². The van der Waals surface area contributed by atoms with Gasteiger partial charge in [-0.15, -0.1) is 11.3 Å². The lowest BCUT2D eigenvalue weighted by molar-refractivity contribution is -0.137. The molecule has 4 rings (SSSR count). The van der Waals surface area contributed by atoms with Gasteiger partial charge in [0, 0.05) is 30.1 Å². The number of hydrogen-bond acceptors (Lipinski definition) is 3. The number of halogens is 3. The summed E-state index contributed by atoms with van der Waals surface area (Å²) < 4.78 is 38.9. The second-order valence-corrected chi connectivity index (χ2v) is 8.14. The highest BCUT2D eigenvalue weighted by molar-refractivity contribution is 7.10. The zero-order valence-corrected chi connectivity index (χ0v) is 15.8. The number of carbonyl (C=O) groups excluding carboxylic acids is 2. The molecule has 8 heteroatoms. The van der Waals surface area contributed by atoms with Crippen molar-refractivity contribution >= 4 is 28.8 Å². The van der Waals surface area contributed by atoms with E-state index in [2.05, 4.69) is 0 Å². The third-order valence-corrected chi connectivity index (χ3v) is 6.34. The fraction of sp³-hybridized carbons (Fsp3) is 0.400. The summed E-state index contributed by atoms with van der Waals surface area (Å²) in [5, 5.41) is 1.98. The molecule has 2 atom stereocenters. The standard InChI is InChI=1S/C20H19F3N2O2S/c21-20(22,23)14-4-1-5-15(11-14)25-12-13(10-18(25)26)19(27)24-8-2-6-16(24)17-7-3-9-28-17/h1,3-5,7,9,11,13,16H,2,6,8,10,12H2. The molecule has 0 radical (unpaired) electrons. The first kappa shape index (κ1) is 19.0. The highest BCUT2D eigenvalue weighted by atomic mass is 32.1. The van der Waals surface area contributed by atoms with Crippen LogP contribution in [0, 0.1) is 5.92 Å². The average molecular weight is 408 g/mol. The highest BCUT2D eigenvalue weighted by Gasteiger charge is 2.41. The highest BCUT2D eigenvalue weighted by Crippen LogP contribution is 2.38. The van der Waals surface area contributed by atoms with E-state index in [-0.39, 0.29) is 36.5 Å². The van der Waals surface area contributed by atoms with Gasteiger partial charge in [0.1, 0.15) is 0 Å². The maximum atomic E-state index is 13.1. The molecule has 2 amide bonds. The molecule has 1 aromatic heterocycles. The van der Waals surface area contributed by atoms with E-state index in [1.807, 2.05) is 22.4 Å². The van der Waals surface area contributed by atoms with E-state index >= 15 is 0 Å². The largest absolute Gasteiger partial charge is 0.416 e. The summed E-state index contributed by atoms with van der Waals surface area (Å²) in [6.45, 7) is 0.766. The summed E-state index contributed by atoms with van der Waals surface area (Å²) in [7, 11) is 0. The molecule has 2 unspecified atom stereocenters. The SMILES string of the molecule is O=C1CC(C(=O)N2CCCC2c2cccs2)CN1c1cccc(C(F)(F)F)c1. The van der Waals surface area contributed by atoms with Crippen molar-refractivity contribution in [3.8, 4) is 0 Å². The Balaban J connectivity index is 1.51. The first-order valence-electron chi connectivity index (χ1n) is 9.16. The van der Waals surface area contributed by atoms with Crippen LogP contribution in [0.25, 0.3) is 0 Å². The minimum atomic E-state index is -4.47. The van der Waals surface area contributed by atoms with Crippen LogP contribution in [0.5, 0.6) is 0 Å². The van der Waals surface area contributed by atoms with Crippen LogP contribution < -0.4 is 4.90 Å². The van der Waals surface area contributed by atoms with Crippen LogP contribution in [-0.4, -0.2) is 29.8 Å². The number of likely N-dealkylation sites (tertiary alicyclic amines) is 1. The molecule has 148 valence electrons. The van der Waals surface area contributed by atoms with Crippen LogP contribution in [0.1, 0.15) is 35.7 Å². The van der Waals surface area contributed by atoms with Crippen molar-refractivity contribution < 1.29 is 22.8 Å². The van der Waals surface area contributed by atoms with Crippen molar-refractivity contribution in [1.29, 1.82) is 0 Å². The zero-order chi connectivity index (χ0) is 19.9. The van der Waals surface area contributed by atoms with Gasteiger partial charge < -0.3 is 9.80 Å². The van der Waals surface area contributed by atoms with E-state index in [1.54, 1.807) is 11.3 Å². The number of anilines is 1. The van der Waals surface area contributed by atoms with Crippen molar-refractivity contribution in [2.24, 2.45) is 5.92 Å². The maximum absolute atomic E-state index is 13.1. The Kier molecular flexibility index (Phi) is 4.91. The Bertz CT molecular complexity index is 882. The molecule has 2 fully saturated rings. The van der Waals surface area contributed by atoms with E-state index in [0.717, 1.165) is 29.9 Å². The van der Waals surface area contributed by atoms with E-state index < -0.39 is 17.7 Å². The molecular weight excluding hydrogens is 389 g/mol. The number of alkyl halides is 3. The molecule has 0 spiro atoms. The van der Waals surface area contributed by atoms with Crippen molar-refractivity contribution in [2.75, 3.05) is 18.0 Å². The number of thiophene rings is 1. The minimum absolute atomic E-state index is 0.0305. The van der Waals surface area contributed by atoms with E-state index in [9.17, 15) is 22.8 Å². The Morgan fingerprint density at radius 3 is 2.71 bits per heavy atom. The number of benzene rings is 1. The lowest BCUT2D eigenvalue weighted by atomic mass is 10.1. The second-order valence-electron chi connectivity index (χ2n) is 7.16. The smallest absolute Gasteiger partial charge is 0.335 e. The summed E-state index contributed by atoms with van der Waals surface area (Å²) in [4.78, 5) is 29.8. The molecule has 2 aromatic rings. The molecule has 1 aromatic carbocycles. The fourth-order valence-electron chi connectivity index (χ4n) is 4.01. The Morgan fingerprint density at radius 2 is 2.00 bits per heavy atom. The molecule has 4 nitrogen and oxygen atoms in total. The molecule has 0 aliphatic carbocycles. The van der Waals surface area contributed by atoms with Gasteiger partial charge in [0.25, 0.3) is 0 Å². The van der Waals surface area contributed by atoms with E-state index in [4.69, 9.17) is 0 Å². The van der Waals surface area contributed by atoms with Gasteiger partial charge in [0.2, 0.25) is 11.8 Å². The summed E-state index contributed by atoms with van der Waals surface area (Å²) >= 11 is 1.61. The third-order valence-electron chi connectivity index (χ3n) is 5.37. The summed E-state index contributed by atoms with van der Waals surface area (Å²) in [6, 6.07) is 8.70.